The topological polar surface area (TPSA) is 46.5 Å². The standard InChI is InChI=1S/C37H42O3Si/c1-36-23-22-34-32(33(36)19-20-35(36)39)18-17-27-25-28(38)21-24-37(27,34)26-40-41(29-11-5-2-6-12-29,30-13-7-3-8-14-30)31-15-9-4-10-16-31/h2-16,25,32-35,39H,17-24,26H2,1H3/t32-,33-,34+,35?,36-,37+/m0/s1. The number of benzene rings is 3. The van der Waals surface area contributed by atoms with Crippen molar-refractivity contribution in [3.05, 3.63) is 103 Å². The fourth-order valence-corrected chi connectivity index (χ4v) is 13.6. The zero-order chi connectivity index (χ0) is 28.1. The summed E-state index contributed by atoms with van der Waals surface area (Å²) in [6.07, 6.45) is 9.68. The molecule has 3 aromatic rings. The number of aliphatic hydroxyl groups is 1. The normalized spacial score (nSPS) is 32.9. The maximum absolute atomic E-state index is 12.8. The molecule has 0 heterocycles. The molecule has 0 radical (unpaired) electrons. The first-order chi connectivity index (χ1) is 20.0. The van der Waals surface area contributed by atoms with E-state index >= 15 is 0 Å². The molecule has 212 valence electrons. The minimum Gasteiger partial charge on any atom is -0.403 e. The highest BCUT2D eigenvalue weighted by molar-refractivity contribution is 7.07. The first-order valence-corrected chi connectivity index (χ1v) is 17.6. The third kappa shape index (κ3) is 4.25. The van der Waals surface area contributed by atoms with Gasteiger partial charge >= 0.3 is 0 Å². The molecule has 0 bridgehead atoms. The summed E-state index contributed by atoms with van der Waals surface area (Å²) < 4.78 is 7.67. The number of hydrogen-bond acceptors (Lipinski definition) is 3. The maximum atomic E-state index is 12.8. The van der Waals surface area contributed by atoms with Gasteiger partial charge in [0.1, 0.15) is 0 Å². The lowest BCUT2D eigenvalue weighted by Crippen LogP contribution is -2.70. The Balaban J connectivity index is 1.35. The molecule has 1 unspecified atom stereocenters. The van der Waals surface area contributed by atoms with Crippen molar-refractivity contribution in [2.45, 2.75) is 64.4 Å². The summed E-state index contributed by atoms with van der Waals surface area (Å²) in [5.74, 6) is 1.92. The molecule has 1 N–H and O–H groups in total. The molecule has 3 saturated carbocycles. The third-order valence-corrected chi connectivity index (χ3v) is 15.7. The van der Waals surface area contributed by atoms with Crippen molar-refractivity contribution in [1.29, 1.82) is 0 Å². The van der Waals surface area contributed by atoms with Gasteiger partial charge in [-0.15, -0.1) is 0 Å². The Bertz CT molecular complexity index is 1320. The van der Waals surface area contributed by atoms with Crippen LogP contribution >= 0.6 is 0 Å². The molecule has 3 fully saturated rings. The van der Waals surface area contributed by atoms with Crippen LogP contribution in [0.4, 0.5) is 0 Å². The minimum atomic E-state index is -2.87. The van der Waals surface area contributed by atoms with Gasteiger partial charge in [-0.25, -0.2) is 0 Å². The monoisotopic (exact) mass is 562 g/mol. The van der Waals surface area contributed by atoms with Gasteiger partial charge in [0.15, 0.2) is 5.78 Å². The minimum absolute atomic E-state index is 0.0333. The van der Waals surface area contributed by atoms with Crippen LogP contribution < -0.4 is 15.6 Å². The second kappa shape index (κ2) is 10.5. The van der Waals surface area contributed by atoms with Gasteiger partial charge in [-0.05, 0) is 89.8 Å². The highest BCUT2D eigenvalue weighted by atomic mass is 28.4. The molecule has 0 amide bonds. The molecule has 4 aliphatic rings. The van der Waals surface area contributed by atoms with E-state index in [0.717, 1.165) is 44.9 Å². The molecule has 0 spiro atoms. The zero-order valence-electron chi connectivity index (χ0n) is 24.2. The molecule has 4 aliphatic carbocycles. The Kier molecular flexibility index (Phi) is 6.92. The largest absolute Gasteiger partial charge is 0.403 e. The van der Waals surface area contributed by atoms with Gasteiger partial charge in [-0.3, -0.25) is 4.79 Å². The Hall–Kier alpha value is -2.79. The Labute approximate surface area is 245 Å². The van der Waals surface area contributed by atoms with E-state index in [-0.39, 0.29) is 22.7 Å². The molecule has 7 rings (SSSR count). The smallest absolute Gasteiger partial charge is 0.288 e. The quantitative estimate of drug-likeness (QED) is 0.317. The summed E-state index contributed by atoms with van der Waals surface area (Å²) in [7, 11) is -2.87. The molecule has 0 saturated heterocycles. The number of carbonyl (C=O) groups excluding carboxylic acids is 1. The highest BCUT2D eigenvalue weighted by Crippen LogP contribution is 2.65. The van der Waals surface area contributed by atoms with E-state index in [1.54, 1.807) is 0 Å². The summed E-state index contributed by atoms with van der Waals surface area (Å²) in [5, 5.41) is 14.8. The van der Waals surface area contributed by atoms with Crippen LogP contribution in [0.1, 0.15) is 58.3 Å². The lowest BCUT2D eigenvalue weighted by Gasteiger charge is -2.59. The molecule has 6 atom stereocenters. The lowest BCUT2D eigenvalue weighted by molar-refractivity contribution is -0.119. The first-order valence-electron chi connectivity index (χ1n) is 15.7. The number of aliphatic hydroxyl groups excluding tert-OH is 1. The van der Waals surface area contributed by atoms with E-state index in [4.69, 9.17) is 4.43 Å². The molecular weight excluding hydrogens is 520 g/mol. The van der Waals surface area contributed by atoms with Gasteiger partial charge in [-0.2, -0.15) is 0 Å². The van der Waals surface area contributed by atoms with Crippen molar-refractivity contribution in [3.8, 4) is 0 Å². The van der Waals surface area contributed by atoms with Crippen molar-refractivity contribution < 1.29 is 14.3 Å². The average molecular weight is 563 g/mol. The summed E-state index contributed by atoms with van der Waals surface area (Å²) in [6, 6.07) is 32.6. The van der Waals surface area contributed by atoms with Gasteiger partial charge in [-0.1, -0.05) is 103 Å². The Morgan fingerprint density at radius 2 is 1.34 bits per heavy atom. The van der Waals surface area contributed by atoms with Crippen molar-refractivity contribution in [2.75, 3.05) is 6.61 Å². The highest BCUT2D eigenvalue weighted by Gasteiger charge is 2.60. The predicted molar refractivity (Wildman–Crippen MR) is 167 cm³/mol. The van der Waals surface area contributed by atoms with E-state index in [2.05, 4.69) is 97.9 Å². The molecule has 3 aromatic carbocycles. The van der Waals surface area contributed by atoms with Crippen molar-refractivity contribution >= 4 is 29.7 Å². The summed E-state index contributed by atoms with van der Waals surface area (Å²) >= 11 is 0. The van der Waals surface area contributed by atoms with Crippen LogP contribution in [0.2, 0.25) is 0 Å². The fraction of sp³-hybridized carbons (Fsp3) is 0.432. The summed E-state index contributed by atoms with van der Waals surface area (Å²) in [6.45, 7) is 2.99. The summed E-state index contributed by atoms with van der Waals surface area (Å²) in [4.78, 5) is 12.8. The van der Waals surface area contributed by atoms with Crippen molar-refractivity contribution in [3.63, 3.8) is 0 Å². The van der Waals surface area contributed by atoms with Gasteiger partial charge in [0.25, 0.3) is 8.32 Å². The molecule has 41 heavy (non-hydrogen) atoms. The maximum Gasteiger partial charge on any atom is 0.288 e. The van der Waals surface area contributed by atoms with Crippen LogP contribution in [-0.2, 0) is 9.22 Å². The van der Waals surface area contributed by atoms with Crippen LogP contribution in [0, 0.1) is 28.6 Å². The predicted octanol–water partition coefficient (Wildman–Crippen LogP) is 5.54. The molecule has 3 nitrogen and oxygen atoms in total. The van der Waals surface area contributed by atoms with Gasteiger partial charge < -0.3 is 9.53 Å². The van der Waals surface area contributed by atoms with Crippen molar-refractivity contribution in [1.82, 2.24) is 0 Å². The lowest BCUT2D eigenvalue weighted by atomic mass is 9.47. The number of carbonyl (C=O) groups is 1. The van der Waals surface area contributed by atoms with Crippen LogP contribution in [0.25, 0.3) is 0 Å². The zero-order valence-corrected chi connectivity index (χ0v) is 25.2. The first kappa shape index (κ1) is 27.1. The fourth-order valence-electron chi connectivity index (χ4n) is 9.61. The third-order valence-electron chi connectivity index (χ3n) is 11.7. The average Bonchev–Trinajstić information content (AvgIpc) is 3.33. The van der Waals surface area contributed by atoms with Gasteiger partial charge in [0.2, 0.25) is 0 Å². The van der Waals surface area contributed by atoms with Gasteiger partial charge in [0, 0.05) is 18.4 Å². The second-order valence-corrected chi connectivity index (χ2v) is 16.8. The van der Waals surface area contributed by atoms with E-state index in [1.807, 2.05) is 6.08 Å². The number of fused-ring (bicyclic) bond motifs is 5. The number of rotatable bonds is 6. The van der Waals surface area contributed by atoms with Crippen LogP contribution in [0.3, 0.4) is 0 Å². The number of ketones is 1. The van der Waals surface area contributed by atoms with E-state index in [0.29, 0.717) is 30.8 Å². The Morgan fingerprint density at radius 1 is 0.756 bits per heavy atom. The SMILES string of the molecule is C[C@]12CC[C@@H]3[C@@H](CCC4=CC(=O)CC[C@@]43CO[Si](c3ccccc3)(c3ccccc3)c3ccccc3)[C@@H]1CCC2O. The molecule has 0 aliphatic heterocycles. The van der Waals surface area contributed by atoms with E-state index in [1.165, 1.54) is 21.1 Å². The molecule has 4 heteroatoms. The molecular formula is C37H42O3Si. The molecule has 0 aromatic heterocycles. The van der Waals surface area contributed by atoms with E-state index in [9.17, 15) is 9.90 Å². The summed E-state index contributed by atoms with van der Waals surface area (Å²) in [5.41, 5.74) is 1.25. The Morgan fingerprint density at radius 3 is 1.93 bits per heavy atom. The van der Waals surface area contributed by atoms with E-state index < -0.39 is 8.32 Å². The van der Waals surface area contributed by atoms with Crippen LogP contribution in [-0.4, -0.2) is 31.9 Å². The van der Waals surface area contributed by atoms with Crippen molar-refractivity contribution in [2.24, 2.45) is 28.6 Å². The van der Waals surface area contributed by atoms with Gasteiger partial charge in [0.05, 0.1) is 6.10 Å². The van der Waals surface area contributed by atoms with Crippen LogP contribution in [0.15, 0.2) is 103 Å². The van der Waals surface area contributed by atoms with Crippen LogP contribution in [0.5, 0.6) is 0 Å². The number of hydrogen-bond donors (Lipinski definition) is 1. The second-order valence-electron chi connectivity index (χ2n) is 13.4.